The zero-order chi connectivity index (χ0) is 15.2. The van der Waals surface area contributed by atoms with E-state index >= 15 is 0 Å². The smallest absolute Gasteiger partial charge is 0.335 e. The number of fused-ring (bicyclic) bond motifs is 1. The summed E-state index contributed by atoms with van der Waals surface area (Å²) < 4.78 is 1.54. The lowest BCUT2D eigenvalue weighted by Crippen LogP contribution is -2.44. The molecule has 2 aromatic rings. The summed E-state index contributed by atoms with van der Waals surface area (Å²) in [5, 5.41) is 9.04. The predicted octanol–water partition coefficient (Wildman–Crippen LogP) is 1.68. The van der Waals surface area contributed by atoms with Gasteiger partial charge in [0.25, 0.3) is 0 Å². The molecule has 1 aromatic heterocycles. The van der Waals surface area contributed by atoms with Gasteiger partial charge in [0, 0.05) is 5.54 Å². The van der Waals surface area contributed by atoms with Gasteiger partial charge in [-0.2, -0.15) is 0 Å². The van der Waals surface area contributed by atoms with E-state index in [2.05, 4.69) is 4.98 Å². The Morgan fingerprint density at radius 1 is 1.29 bits per heavy atom. The number of aromatic nitrogens is 2. The molecule has 0 unspecified atom stereocenters. The van der Waals surface area contributed by atoms with Gasteiger partial charge in [-0.1, -0.05) is 12.8 Å². The van der Waals surface area contributed by atoms with Crippen LogP contribution in [0.1, 0.15) is 43.0 Å². The maximum Gasteiger partial charge on any atom is 0.335 e. The van der Waals surface area contributed by atoms with Crippen molar-refractivity contribution in [1.82, 2.24) is 9.55 Å². The van der Waals surface area contributed by atoms with E-state index in [0.717, 1.165) is 25.7 Å². The number of nitrogens with zero attached hydrogens (tertiary/aromatic N) is 1. The summed E-state index contributed by atoms with van der Waals surface area (Å²) >= 11 is 0. The van der Waals surface area contributed by atoms with Crippen LogP contribution in [0, 0.1) is 0 Å². The second-order valence-corrected chi connectivity index (χ2v) is 5.84. The third-order valence-electron chi connectivity index (χ3n) is 4.35. The van der Waals surface area contributed by atoms with Crippen LogP contribution in [0.2, 0.25) is 0 Å². The summed E-state index contributed by atoms with van der Waals surface area (Å²) in [5.74, 6) is -1.07. The quantitative estimate of drug-likeness (QED) is 0.822. The van der Waals surface area contributed by atoms with Gasteiger partial charge in [-0.25, -0.2) is 4.79 Å². The van der Waals surface area contributed by atoms with Gasteiger partial charge in [0.1, 0.15) is 0 Å². The molecule has 1 heterocycles. The first-order valence-electron chi connectivity index (χ1n) is 6.95. The third kappa shape index (κ3) is 2.07. The van der Waals surface area contributed by atoms with Gasteiger partial charge < -0.3 is 10.1 Å². The average Bonchev–Trinajstić information content (AvgIpc) is 2.87. The Kier molecular flexibility index (Phi) is 2.97. The Morgan fingerprint density at radius 3 is 2.57 bits per heavy atom. The van der Waals surface area contributed by atoms with Gasteiger partial charge in [-0.15, -0.1) is 0 Å². The minimum atomic E-state index is -1.07. The number of aromatic carboxylic acids is 1. The highest BCUT2D eigenvalue weighted by molar-refractivity contribution is 5.92. The molecular weight excluding hydrogens is 272 g/mol. The van der Waals surface area contributed by atoms with Crippen molar-refractivity contribution in [2.24, 2.45) is 0 Å². The molecule has 0 radical (unpaired) electrons. The van der Waals surface area contributed by atoms with E-state index in [0.29, 0.717) is 11.0 Å². The Labute approximate surface area is 120 Å². The molecular formula is C15H16N2O4. The highest BCUT2D eigenvalue weighted by atomic mass is 16.4. The topological polar surface area (TPSA) is 92.2 Å². The normalized spacial score (nSPS) is 17.2. The molecule has 6 heteroatoms. The van der Waals surface area contributed by atoms with Crippen LogP contribution in [0.5, 0.6) is 0 Å². The molecule has 21 heavy (non-hydrogen) atoms. The minimum absolute atomic E-state index is 0.0833. The Hall–Kier alpha value is -2.37. The fraction of sp³-hybridized carbons (Fsp3) is 0.400. The number of H-pyrrole nitrogens is 1. The lowest BCUT2D eigenvalue weighted by Gasteiger charge is -2.28. The Bertz CT molecular complexity index is 841. The second kappa shape index (κ2) is 4.58. The molecule has 0 saturated heterocycles. The van der Waals surface area contributed by atoms with Crippen LogP contribution >= 0.6 is 0 Å². The zero-order valence-electron chi connectivity index (χ0n) is 11.7. The number of hydrogen-bond donors (Lipinski definition) is 2. The van der Waals surface area contributed by atoms with Crippen molar-refractivity contribution >= 4 is 17.0 Å². The number of carboxylic acids is 1. The summed E-state index contributed by atoms with van der Waals surface area (Å²) in [6.45, 7) is 1.98. The van der Waals surface area contributed by atoms with E-state index in [1.54, 1.807) is 10.6 Å². The maximum absolute atomic E-state index is 12.3. The first-order valence-corrected chi connectivity index (χ1v) is 6.95. The first kappa shape index (κ1) is 13.6. The monoisotopic (exact) mass is 288 g/mol. The lowest BCUT2D eigenvalue weighted by atomic mass is 9.99. The number of nitrogens with one attached hydrogen (secondary N) is 1. The number of aromatic amines is 1. The molecule has 1 fully saturated rings. The number of hydrogen-bond acceptors (Lipinski definition) is 3. The van der Waals surface area contributed by atoms with E-state index in [-0.39, 0.29) is 11.1 Å². The molecule has 0 bridgehead atoms. The van der Waals surface area contributed by atoms with Gasteiger partial charge >= 0.3 is 17.1 Å². The van der Waals surface area contributed by atoms with Crippen molar-refractivity contribution in [3.05, 3.63) is 44.5 Å². The fourth-order valence-electron chi connectivity index (χ4n) is 3.25. The van der Waals surface area contributed by atoms with E-state index in [1.165, 1.54) is 12.1 Å². The number of carboxylic acid groups (broad SMARTS) is 1. The molecule has 110 valence electrons. The Balaban J connectivity index is 2.37. The second-order valence-electron chi connectivity index (χ2n) is 5.84. The molecule has 6 nitrogen and oxygen atoms in total. The molecule has 0 atom stereocenters. The highest BCUT2D eigenvalue weighted by Gasteiger charge is 2.33. The Morgan fingerprint density at radius 2 is 1.95 bits per heavy atom. The highest BCUT2D eigenvalue weighted by Crippen LogP contribution is 2.36. The van der Waals surface area contributed by atoms with E-state index in [9.17, 15) is 14.4 Å². The number of benzene rings is 1. The van der Waals surface area contributed by atoms with Crippen molar-refractivity contribution < 1.29 is 9.90 Å². The minimum Gasteiger partial charge on any atom is -0.478 e. The molecule has 1 aliphatic rings. The summed E-state index contributed by atoms with van der Waals surface area (Å²) in [7, 11) is 0. The van der Waals surface area contributed by atoms with Crippen LogP contribution in [0.4, 0.5) is 0 Å². The average molecular weight is 288 g/mol. The molecule has 0 aliphatic heterocycles. The van der Waals surface area contributed by atoms with Gasteiger partial charge in [0.2, 0.25) is 0 Å². The van der Waals surface area contributed by atoms with E-state index in [1.807, 2.05) is 6.92 Å². The predicted molar refractivity (Wildman–Crippen MR) is 77.9 cm³/mol. The van der Waals surface area contributed by atoms with Crippen LogP contribution in [0.15, 0.2) is 27.8 Å². The third-order valence-corrected chi connectivity index (χ3v) is 4.35. The molecule has 0 amide bonds. The molecule has 1 saturated carbocycles. The first-order chi connectivity index (χ1) is 9.92. The largest absolute Gasteiger partial charge is 0.478 e. The van der Waals surface area contributed by atoms with Crippen LogP contribution in [-0.2, 0) is 5.54 Å². The summed E-state index contributed by atoms with van der Waals surface area (Å²) in [6, 6.07) is 4.45. The van der Waals surface area contributed by atoms with Gasteiger partial charge in [-0.05, 0) is 38.0 Å². The molecule has 1 aromatic carbocycles. The number of rotatable bonds is 2. The summed E-state index contributed by atoms with van der Waals surface area (Å²) in [4.78, 5) is 37.7. The van der Waals surface area contributed by atoms with Gasteiger partial charge in [-0.3, -0.25) is 14.2 Å². The molecule has 2 N–H and O–H groups in total. The van der Waals surface area contributed by atoms with Crippen LogP contribution in [-0.4, -0.2) is 20.6 Å². The van der Waals surface area contributed by atoms with Gasteiger partial charge in [0.15, 0.2) is 0 Å². The van der Waals surface area contributed by atoms with Crippen molar-refractivity contribution in [1.29, 1.82) is 0 Å². The summed E-state index contributed by atoms with van der Waals surface area (Å²) in [5.41, 5.74) is -0.622. The van der Waals surface area contributed by atoms with Crippen molar-refractivity contribution in [3.63, 3.8) is 0 Å². The van der Waals surface area contributed by atoms with E-state index < -0.39 is 17.1 Å². The molecule has 1 aliphatic carbocycles. The zero-order valence-corrected chi connectivity index (χ0v) is 11.7. The van der Waals surface area contributed by atoms with Crippen molar-refractivity contribution in [3.8, 4) is 0 Å². The molecule has 0 spiro atoms. The SMILES string of the molecule is CC1(n2c(=O)c(=O)[nH]c3cc(C(=O)O)ccc32)CCCC1. The lowest BCUT2D eigenvalue weighted by molar-refractivity contribution is 0.0697. The van der Waals surface area contributed by atoms with Crippen LogP contribution in [0.25, 0.3) is 11.0 Å². The van der Waals surface area contributed by atoms with Crippen LogP contribution < -0.4 is 11.1 Å². The van der Waals surface area contributed by atoms with Crippen LogP contribution in [0.3, 0.4) is 0 Å². The van der Waals surface area contributed by atoms with Crippen molar-refractivity contribution in [2.75, 3.05) is 0 Å². The molecule has 3 rings (SSSR count). The van der Waals surface area contributed by atoms with Gasteiger partial charge in [0.05, 0.1) is 16.6 Å². The maximum atomic E-state index is 12.3. The summed E-state index contributed by atoms with van der Waals surface area (Å²) in [6.07, 6.45) is 3.72. The van der Waals surface area contributed by atoms with E-state index in [4.69, 9.17) is 5.11 Å². The standard InChI is InChI=1S/C15H16N2O4/c1-15(6-2-3-7-15)17-11-5-4-9(14(20)21)8-10(11)16-12(18)13(17)19/h4-5,8H,2-3,6-7H2,1H3,(H,16,18)(H,20,21). The van der Waals surface area contributed by atoms with Crippen molar-refractivity contribution in [2.45, 2.75) is 38.1 Å². The fourth-order valence-corrected chi connectivity index (χ4v) is 3.25. The number of carbonyl (C=O) groups is 1.